The van der Waals surface area contributed by atoms with E-state index in [1.54, 1.807) is 0 Å². The Balaban J connectivity index is 1.74. The first-order valence-corrected chi connectivity index (χ1v) is 7.84. The van der Waals surface area contributed by atoms with E-state index in [1.165, 1.54) is 12.8 Å². The standard InChI is InChI=1S/C17H25NO3/c1-2-21-17(19)16(15-7-4-3-5-8-15)18-11-6-12-20-13-14-9-10-14/h3-5,7-8,14,16,18H,2,6,9-13H2,1H3. The first kappa shape index (κ1) is 16.0. The van der Waals surface area contributed by atoms with Crippen LogP contribution >= 0.6 is 0 Å². The zero-order valence-electron chi connectivity index (χ0n) is 12.7. The van der Waals surface area contributed by atoms with Crippen LogP contribution in [-0.2, 0) is 14.3 Å². The van der Waals surface area contributed by atoms with Crippen LogP contribution in [0.25, 0.3) is 0 Å². The zero-order chi connectivity index (χ0) is 14.9. The van der Waals surface area contributed by atoms with Gasteiger partial charge in [-0.2, -0.15) is 0 Å². The minimum absolute atomic E-state index is 0.220. The fourth-order valence-electron chi connectivity index (χ4n) is 2.16. The van der Waals surface area contributed by atoms with Gasteiger partial charge in [-0.15, -0.1) is 0 Å². The molecule has 21 heavy (non-hydrogen) atoms. The van der Waals surface area contributed by atoms with E-state index in [0.717, 1.165) is 37.7 Å². The van der Waals surface area contributed by atoms with Crippen molar-refractivity contribution >= 4 is 5.97 Å². The molecular formula is C17H25NO3. The smallest absolute Gasteiger partial charge is 0.327 e. The van der Waals surface area contributed by atoms with Crippen LogP contribution in [0.4, 0.5) is 0 Å². The van der Waals surface area contributed by atoms with Crippen LogP contribution in [-0.4, -0.2) is 32.3 Å². The molecule has 1 aliphatic rings. The summed E-state index contributed by atoms with van der Waals surface area (Å²) in [5.74, 6) is 0.581. The number of carbonyl (C=O) groups excluding carboxylic acids is 1. The molecule has 4 heteroatoms. The third-order valence-corrected chi connectivity index (χ3v) is 3.52. The minimum Gasteiger partial charge on any atom is -0.465 e. The maximum Gasteiger partial charge on any atom is 0.327 e. The second-order valence-corrected chi connectivity index (χ2v) is 5.42. The monoisotopic (exact) mass is 291 g/mol. The highest BCUT2D eigenvalue weighted by Crippen LogP contribution is 2.28. The van der Waals surface area contributed by atoms with Gasteiger partial charge in [-0.25, -0.2) is 4.79 Å². The molecule has 1 unspecified atom stereocenters. The topological polar surface area (TPSA) is 47.6 Å². The van der Waals surface area contributed by atoms with E-state index in [2.05, 4.69) is 5.32 Å². The van der Waals surface area contributed by atoms with E-state index >= 15 is 0 Å². The molecule has 1 atom stereocenters. The Kier molecular flexibility index (Phi) is 6.70. The van der Waals surface area contributed by atoms with Crippen molar-refractivity contribution in [2.24, 2.45) is 5.92 Å². The largest absolute Gasteiger partial charge is 0.465 e. The average molecular weight is 291 g/mol. The van der Waals surface area contributed by atoms with Crippen molar-refractivity contribution in [1.82, 2.24) is 5.32 Å². The molecule has 0 amide bonds. The second kappa shape index (κ2) is 8.80. The molecule has 0 saturated heterocycles. The van der Waals surface area contributed by atoms with Gasteiger partial charge in [0.1, 0.15) is 6.04 Å². The summed E-state index contributed by atoms with van der Waals surface area (Å²) in [6, 6.07) is 9.30. The Bertz CT molecular complexity index is 417. The lowest BCUT2D eigenvalue weighted by Gasteiger charge is -2.17. The van der Waals surface area contributed by atoms with Gasteiger partial charge < -0.3 is 14.8 Å². The predicted octanol–water partition coefficient (Wildman–Crippen LogP) is 2.70. The molecule has 1 fully saturated rings. The summed E-state index contributed by atoms with van der Waals surface area (Å²) in [5, 5.41) is 3.27. The highest BCUT2D eigenvalue weighted by atomic mass is 16.5. The molecule has 0 heterocycles. The van der Waals surface area contributed by atoms with E-state index in [-0.39, 0.29) is 5.97 Å². The van der Waals surface area contributed by atoms with E-state index in [4.69, 9.17) is 9.47 Å². The Morgan fingerprint density at radius 3 is 2.76 bits per heavy atom. The van der Waals surface area contributed by atoms with Crippen molar-refractivity contribution in [1.29, 1.82) is 0 Å². The Labute approximate surface area is 126 Å². The molecule has 0 radical (unpaired) electrons. The summed E-state index contributed by atoms with van der Waals surface area (Å²) >= 11 is 0. The number of carbonyl (C=O) groups is 1. The van der Waals surface area contributed by atoms with Crippen LogP contribution in [0.5, 0.6) is 0 Å². The molecule has 1 aromatic carbocycles. The van der Waals surface area contributed by atoms with Gasteiger partial charge in [-0.05, 0) is 44.2 Å². The molecule has 0 spiro atoms. The maximum atomic E-state index is 12.0. The minimum atomic E-state index is -0.394. The van der Waals surface area contributed by atoms with Crippen LogP contribution in [0.1, 0.15) is 37.8 Å². The first-order valence-electron chi connectivity index (χ1n) is 7.84. The van der Waals surface area contributed by atoms with Gasteiger partial charge >= 0.3 is 5.97 Å². The third-order valence-electron chi connectivity index (χ3n) is 3.52. The molecule has 4 nitrogen and oxygen atoms in total. The van der Waals surface area contributed by atoms with E-state index in [1.807, 2.05) is 37.3 Å². The molecule has 116 valence electrons. The molecule has 1 saturated carbocycles. The summed E-state index contributed by atoms with van der Waals surface area (Å²) < 4.78 is 10.7. The fourth-order valence-corrected chi connectivity index (χ4v) is 2.16. The van der Waals surface area contributed by atoms with Crippen molar-refractivity contribution in [2.75, 3.05) is 26.4 Å². The van der Waals surface area contributed by atoms with Crippen LogP contribution in [0.15, 0.2) is 30.3 Å². The van der Waals surface area contributed by atoms with Gasteiger partial charge in [0, 0.05) is 13.2 Å². The van der Waals surface area contributed by atoms with Gasteiger partial charge in [-0.1, -0.05) is 30.3 Å². The first-order chi connectivity index (χ1) is 10.3. The number of nitrogens with one attached hydrogen (secondary N) is 1. The fraction of sp³-hybridized carbons (Fsp3) is 0.588. The Hall–Kier alpha value is -1.39. The summed E-state index contributed by atoms with van der Waals surface area (Å²) in [6.07, 6.45) is 3.53. The van der Waals surface area contributed by atoms with Gasteiger partial charge in [0.15, 0.2) is 0 Å². The SMILES string of the molecule is CCOC(=O)C(NCCCOCC1CC1)c1ccccc1. The lowest BCUT2D eigenvalue weighted by molar-refractivity contribution is -0.145. The van der Waals surface area contributed by atoms with Gasteiger partial charge in [0.2, 0.25) is 0 Å². The summed E-state index contributed by atoms with van der Waals surface area (Å²) in [7, 11) is 0. The van der Waals surface area contributed by atoms with Crippen molar-refractivity contribution < 1.29 is 14.3 Å². The van der Waals surface area contributed by atoms with Crippen molar-refractivity contribution in [3.63, 3.8) is 0 Å². The van der Waals surface area contributed by atoms with E-state index in [0.29, 0.717) is 6.61 Å². The molecule has 0 aromatic heterocycles. The van der Waals surface area contributed by atoms with Gasteiger partial charge in [0.25, 0.3) is 0 Å². The lowest BCUT2D eigenvalue weighted by Crippen LogP contribution is -2.31. The number of benzene rings is 1. The quantitative estimate of drug-likeness (QED) is 0.532. The molecule has 2 rings (SSSR count). The second-order valence-electron chi connectivity index (χ2n) is 5.42. The van der Waals surface area contributed by atoms with E-state index < -0.39 is 6.04 Å². The molecule has 1 N–H and O–H groups in total. The Morgan fingerprint density at radius 1 is 1.33 bits per heavy atom. The van der Waals surface area contributed by atoms with Crippen molar-refractivity contribution in [2.45, 2.75) is 32.2 Å². The third kappa shape index (κ3) is 5.86. The predicted molar refractivity (Wildman–Crippen MR) is 82.0 cm³/mol. The zero-order valence-corrected chi connectivity index (χ0v) is 12.7. The summed E-state index contributed by atoms with van der Waals surface area (Å²) in [4.78, 5) is 12.0. The molecule has 0 bridgehead atoms. The maximum absolute atomic E-state index is 12.0. The van der Waals surface area contributed by atoms with Gasteiger partial charge in [0.05, 0.1) is 6.61 Å². The average Bonchev–Trinajstić information content (AvgIpc) is 3.32. The van der Waals surface area contributed by atoms with Crippen LogP contribution in [0.3, 0.4) is 0 Å². The van der Waals surface area contributed by atoms with Crippen molar-refractivity contribution in [3.05, 3.63) is 35.9 Å². The number of ether oxygens (including phenoxy) is 2. The number of rotatable bonds is 10. The van der Waals surface area contributed by atoms with Gasteiger partial charge in [-0.3, -0.25) is 0 Å². The highest BCUT2D eigenvalue weighted by Gasteiger charge is 2.22. The number of esters is 1. The highest BCUT2D eigenvalue weighted by molar-refractivity contribution is 5.77. The van der Waals surface area contributed by atoms with Crippen LogP contribution in [0.2, 0.25) is 0 Å². The lowest BCUT2D eigenvalue weighted by atomic mass is 10.1. The summed E-state index contributed by atoms with van der Waals surface area (Å²) in [6.45, 7) is 4.59. The Morgan fingerprint density at radius 2 is 2.10 bits per heavy atom. The molecular weight excluding hydrogens is 266 g/mol. The van der Waals surface area contributed by atoms with E-state index in [9.17, 15) is 4.79 Å². The van der Waals surface area contributed by atoms with Crippen LogP contribution in [0, 0.1) is 5.92 Å². The normalized spacial score (nSPS) is 15.7. The molecule has 1 aliphatic carbocycles. The molecule has 0 aliphatic heterocycles. The van der Waals surface area contributed by atoms with Crippen molar-refractivity contribution in [3.8, 4) is 0 Å². The number of hydrogen-bond donors (Lipinski definition) is 1. The summed E-state index contributed by atoms with van der Waals surface area (Å²) in [5.41, 5.74) is 0.940. The number of hydrogen-bond acceptors (Lipinski definition) is 4. The molecule has 1 aromatic rings. The van der Waals surface area contributed by atoms with Crippen LogP contribution < -0.4 is 5.32 Å².